The van der Waals surface area contributed by atoms with Crippen LogP contribution in [0.15, 0.2) is 24.4 Å². The summed E-state index contributed by atoms with van der Waals surface area (Å²) in [6.45, 7) is 3.27. The fourth-order valence-electron chi connectivity index (χ4n) is 1.53. The first-order valence-electron chi connectivity index (χ1n) is 5.65. The standard InChI is InChI=1S/C12H14N6O/c1-7-5-11(18-12(13)15-7)17-9-3-4-10(14-6-9)16-8(2)19/h3-6H,1-2H3,(H,14,16,19)(H3,13,15,17,18). The van der Waals surface area contributed by atoms with Crippen LogP contribution in [-0.2, 0) is 4.79 Å². The van der Waals surface area contributed by atoms with E-state index in [4.69, 9.17) is 5.73 Å². The van der Waals surface area contributed by atoms with Crippen LogP contribution in [0.2, 0.25) is 0 Å². The number of nitrogens with one attached hydrogen (secondary N) is 2. The second kappa shape index (κ2) is 5.30. The van der Waals surface area contributed by atoms with E-state index in [0.29, 0.717) is 11.6 Å². The molecule has 0 saturated heterocycles. The number of nitrogens with two attached hydrogens (primary N) is 1. The van der Waals surface area contributed by atoms with Crippen LogP contribution in [0, 0.1) is 6.92 Å². The molecular formula is C12H14N6O. The Morgan fingerprint density at radius 2 is 2.05 bits per heavy atom. The molecular weight excluding hydrogens is 244 g/mol. The minimum atomic E-state index is -0.160. The molecule has 19 heavy (non-hydrogen) atoms. The summed E-state index contributed by atoms with van der Waals surface area (Å²) in [4.78, 5) is 23.0. The number of aromatic nitrogens is 3. The van der Waals surface area contributed by atoms with Crippen molar-refractivity contribution in [3.8, 4) is 0 Å². The maximum Gasteiger partial charge on any atom is 0.222 e. The Morgan fingerprint density at radius 3 is 2.63 bits per heavy atom. The Bertz CT molecular complexity index is 575. The van der Waals surface area contributed by atoms with Crippen molar-refractivity contribution in [1.29, 1.82) is 0 Å². The molecule has 0 saturated carbocycles. The van der Waals surface area contributed by atoms with Gasteiger partial charge < -0.3 is 16.4 Å². The topological polar surface area (TPSA) is 106 Å². The van der Waals surface area contributed by atoms with Crippen molar-refractivity contribution < 1.29 is 4.79 Å². The molecule has 2 heterocycles. The van der Waals surface area contributed by atoms with Crippen LogP contribution >= 0.6 is 0 Å². The van der Waals surface area contributed by atoms with Gasteiger partial charge in [-0.2, -0.15) is 4.98 Å². The molecule has 2 rings (SSSR count). The van der Waals surface area contributed by atoms with E-state index < -0.39 is 0 Å². The van der Waals surface area contributed by atoms with E-state index in [2.05, 4.69) is 25.6 Å². The van der Waals surface area contributed by atoms with E-state index in [9.17, 15) is 4.79 Å². The number of anilines is 4. The quantitative estimate of drug-likeness (QED) is 0.769. The van der Waals surface area contributed by atoms with Crippen LogP contribution in [0.5, 0.6) is 0 Å². The molecule has 0 aliphatic rings. The monoisotopic (exact) mass is 258 g/mol. The first kappa shape index (κ1) is 12.7. The van der Waals surface area contributed by atoms with E-state index in [1.165, 1.54) is 6.92 Å². The third-order valence-corrected chi connectivity index (χ3v) is 2.21. The zero-order valence-electron chi connectivity index (χ0n) is 10.6. The summed E-state index contributed by atoms with van der Waals surface area (Å²) < 4.78 is 0. The number of aryl methyl sites for hydroxylation is 1. The van der Waals surface area contributed by atoms with Gasteiger partial charge in [-0.3, -0.25) is 4.79 Å². The summed E-state index contributed by atoms with van der Waals surface area (Å²) in [6, 6.07) is 5.26. The van der Waals surface area contributed by atoms with Gasteiger partial charge in [-0.25, -0.2) is 9.97 Å². The molecule has 0 unspecified atom stereocenters. The number of pyridine rings is 1. The van der Waals surface area contributed by atoms with Gasteiger partial charge in [0.15, 0.2) is 0 Å². The number of carbonyl (C=O) groups excluding carboxylic acids is 1. The lowest BCUT2D eigenvalue weighted by Gasteiger charge is -2.07. The minimum absolute atomic E-state index is 0.160. The van der Waals surface area contributed by atoms with Gasteiger partial charge in [0.25, 0.3) is 0 Å². The predicted molar refractivity (Wildman–Crippen MR) is 73.0 cm³/mol. The zero-order chi connectivity index (χ0) is 13.8. The molecule has 0 aliphatic carbocycles. The number of hydrogen-bond donors (Lipinski definition) is 3. The van der Waals surface area contributed by atoms with Gasteiger partial charge >= 0.3 is 0 Å². The fourth-order valence-corrected chi connectivity index (χ4v) is 1.53. The van der Waals surface area contributed by atoms with Crippen LogP contribution in [0.3, 0.4) is 0 Å². The molecule has 2 aromatic heterocycles. The molecule has 7 heteroatoms. The lowest BCUT2D eigenvalue weighted by atomic mass is 10.3. The van der Waals surface area contributed by atoms with E-state index >= 15 is 0 Å². The highest BCUT2D eigenvalue weighted by Gasteiger charge is 2.01. The molecule has 0 bridgehead atoms. The number of hydrogen-bond acceptors (Lipinski definition) is 6. The molecule has 0 aromatic carbocycles. The lowest BCUT2D eigenvalue weighted by Crippen LogP contribution is -2.07. The van der Waals surface area contributed by atoms with Crippen molar-refractivity contribution in [2.24, 2.45) is 0 Å². The van der Waals surface area contributed by atoms with Gasteiger partial charge in [-0.05, 0) is 19.1 Å². The maximum atomic E-state index is 10.9. The summed E-state index contributed by atoms with van der Waals surface area (Å²) in [5.41, 5.74) is 7.08. The number of amides is 1. The second-order valence-electron chi connectivity index (χ2n) is 3.99. The molecule has 7 nitrogen and oxygen atoms in total. The summed E-state index contributed by atoms with van der Waals surface area (Å²) in [6.07, 6.45) is 1.60. The van der Waals surface area contributed by atoms with Crippen LogP contribution in [0.1, 0.15) is 12.6 Å². The van der Waals surface area contributed by atoms with Crippen molar-refractivity contribution in [2.75, 3.05) is 16.4 Å². The number of nitrogen functional groups attached to an aromatic ring is 1. The Hall–Kier alpha value is -2.70. The van der Waals surface area contributed by atoms with Crippen molar-refractivity contribution in [2.45, 2.75) is 13.8 Å². The average Bonchev–Trinajstić information content (AvgIpc) is 2.29. The van der Waals surface area contributed by atoms with Crippen LogP contribution in [0.4, 0.5) is 23.3 Å². The summed E-state index contributed by atoms with van der Waals surface area (Å²) >= 11 is 0. The highest BCUT2D eigenvalue weighted by atomic mass is 16.1. The third kappa shape index (κ3) is 3.63. The first-order chi connectivity index (χ1) is 9.02. The molecule has 0 radical (unpaired) electrons. The highest BCUT2D eigenvalue weighted by Crippen LogP contribution is 2.16. The zero-order valence-corrected chi connectivity index (χ0v) is 10.6. The molecule has 0 aliphatic heterocycles. The second-order valence-corrected chi connectivity index (χ2v) is 3.99. The van der Waals surface area contributed by atoms with Crippen molar-refractivity contribution >= 4 is 29.2 Å². The van der Waals surface area contributed by atoms with E-state index in [1.807, 2.05) is 6.92 Å². The van der Waals surface area contributed by atoms with Gasteiger partial charge in [0.1, 0.15) is 11.6 Å². The van der Waals surface area contributed by atoms with Gasteiger partial charge in [0, 0.05) is 18.7 Å². The number of nitrogens with zero attached hydrogens (tertiary/aromatic N) is 3. The molecule has 4 N–H and O–H groups in total. The average molecular weight is 258 g/mol. The van der Waals surface area contributed by atoms with Crippen LogP contribution in [-0.4, -0.2) is 20.9 Å². The van der Waals surface area contributed by atoms with Gasteiger partial charge in [0.2, 0.25) is 11.9 Å². The Labute approximate surface area is 110 Å². The molecule has 98 valence electrons. The van der Waals surface area contributed by atoms with Crippen LogP contribution in [0.25, 0.3) is 0 Å². The first-order valence-corrected chi connectivity index (χ1v) is 5.65. The largest absolute Gasteiger partial charge is 0.368 e. The summed E-state index contributed by atoms with van der Waals surface area (Å²) in [5, 5.41) is 5.65. The molecule has 0 atom stereocenters. The molecule has 0 spiro atoms. The summed E-state index contributed by atoms with van der Waals surface area (Å²) in [5.74, 6) is 1.15. The SMILES string of the molecule is CC(=O)Nc1ccc(Nc2cc(C)nc(N)n2)cn1. The smallest absolute Gasteiger partial charge is 0.222 e. The predicted octanol–water partition coefficient (Wildman–Crippen LogP) is 1.46. The van der Waals surface area contributed by atoms with Gasteiger partial charge in [0.05, 0.1) is 11.9 Å². The number of rotatable bonds is 3. The molecule has 0 fully saturated rings. The van der Waals surface area contributed by atoms with Gasteiger partial charge in [-0.15, -0.1) is 0 Å². The van der Waals surface area contributed by atoms with E-state index in [0.717, 1.165) is 11.4 Å². The van der Waals surface area contributed by atoms with Crippen molar-refractivity contribution in [3.63, 3.8) is 0 Å². The van der Waals surface area contributed by atoms with Crippen molar-refractivity contribution in [3.05, 3.63) is 30.1 Å². The van der Waals surface area contributed by atoms with Gasteiger partial charge in [-0.1, -0.05) is 0 Å². The number of carbonyl (C=O) groups is 1. The van der Waals surface area contributed by atoms with E-state index in [-0.39, 0.29) is 11.9 Å². The minimum Gasteiger partial charge on any atom is -0.368 e. The maximum absolute atomic E-state index is 10.9. The molecule has 2 aromatic rings. The lowest BCUT2D eigenvalue weighted by molar-refractivity contribution is -0.114. The Kier molecular flexibility index (Phi) is 3.56. The Balaban J connectivity index is 2.12. The Morgan fingerprint density at radius 1 is 1.26 bits per heavy atom. The normalized spacial score (nSPS) is 10.0. The highest BCUT2D eigenvalue weighted by molar-refractivity contribution is 5.87. The summed E-state index contributed by atoms with van der Waals surface area (Å²) in [7, 11) is 0. The van der Waals surface area contributed by atoms with Crippen LogP contribution < -0.4 is 16.4 Å². The fraction of sp³-hybridized carbons (Fsp3) is 0.167. The van der Waals surface area contributed by atoms with E-state index in [1.54, 1.807) is 24.4 Å². The third-order valence-electron chi connectivity index (χ3n) is 2.21. The molecule has 1 amide bonds. The van der Waals surface area contributed by atoms with Crippen molar-refractivity contribution in [1.82, 2.24) is 15.0 Å².